The molecule has 0 spiro atoms. The minimum absolute atomic E-state index is 0.0676. The van der Waals surface area contributed by atoms with Crippen molar-refractivity contribution in [1.29, 1.82) is 0 Å². The maximum absolute atomic E-state index is 15.1. The normalized spacial score (nSPS) is 16.7. The summed E-state index contributed by atoms with van der Waals surface area (Å²) >= 11 is 0. The zero-order valence-corrected chi connectivity index (χ0v) is 22.0. The molecule has 2 N–H and O–H groups in total. The lowest BCUT2D eigenvalue weighted by Gasteiger charge is -2.24. The number of hydrogen-bond acceptors (Lipinski definition) is 8. The Balaban J connectivity index is 1.20. The third-order valence-electron chi connectivity index (χ3n) is 6.64. The van der Waals surface area contributed by atoms with Crippen LogP contribution in [-0.4, -0.2) is 48.5 Å². The van der Waals surface area contributed by atoms with E-state index in [1.165, 1.54) is 30.6 Å². The summed E-state index contributed by atoms with van der Waals surface area (Å²) in [4.78, 5) is 21.0. The smallest absolute Gasteiger partial charge is 0.319 e. The van der Waals surface area contributed by atoms with Crippen LogP contribution < -0.4 is 29.6 Å². The van der Waals surface area contributed by atoms with Crippen LogP contribution in [-0.2, 0) is 4.74 Å². The van der Waals surface area contributed by atoms with Crippen molar-refractivity contribution in [1.82, 2.24) is 15.3 Å². The number of rotatable bonds is 7. The first-order valence-electron chi connectivity index (χ1n) is 13.1. The SMILES string of the molecule is CC(NC(=O)Nc1ccc(Oc2ncnc3cc(OC4CCOC4)c4c(c23)OCCO4)c(F)c1)c1ccc(F)cc1. The molecule has 12 heteroatoms. The molecule has 6 rings (SSSR count). The number of nitrogens with one attached hydrogen (secondary N) is 2. The van der Waals surface area contributed by atoms with Gasteiger partial charge in [0.1, 0.15) is 36.8 Å². The fourth-order valence-corrected chi connectivity index (χ4v) is 4.60. The van der Waals surface area contributed by atoms with Gasteiger partial charge >= 0.3 is 6.03 Å². The predicted octanol–water partition coefficient (Wildman–Crippen LogP) is 5.52. The van der Waals surface area contributed by atoms with Crippen molar-refractivity contribution in [3.8, 4) is 28.9 Å². The Morgan fingerprint density at radius 2 is 1.80 bits per heavy atom. The van der Waals surface area contributed by atoms with Gasteiger partial charge in [0.15, 0.2) is 23.1 Å². The molecule has 1 aromatic heterocycles. The fourth-order valence-electron chi connectivity index (χ4n) is 4.60. The minimum atomic E-state index is -0.728. The first-order valence-corrected chi connectivity index (χ1v) is 13.1. The summed E-state index contributed by atoms with van der Waals surface area (Å²) in [5, 5.41) is 5.73. The Morgan fingerprint density at radius 3 is 2.56 bits per heavy atom. The topological polar surface area (TPSA) is 113 Å². The quantitative estimate of drug-likeness (QED) is 0.302. The fraction of sp³-hybridized carbons (Fsp3) is 0.276. The molecule has 2 aliphatic heterocycles. The highest BCUT2D eigenvalue weighted by Crippen LogP contribution is 2.48. The molecule has 3 heterocycles. The predicted molar refractivity (Wildman–Crippen MR) is 144 cm³/mol. The number of anilines is 1. The Bertz CT molecular complexity index is 1580. The van der Waals surface area contributed by atoms with Gasteiger partial charge in [-0.25, -0.2) is 23.5 Å². The molecule has 1 saturated heterocycles. The molecule has 2 atom stereocenters. The number of amides is 2. The average Bonchev–Trinajstić information content (AvgIpc) is 3.48. The average molecular weight is 565 g/mol. The molecule has 1 fully saturated rings. The van der Waals surface area contributed by atoms with E-state index in [1.807, 2.05) is 0 Å². The number of carbonyl (C=O) groups excluding carboxylic acids is 1. The number of benzene rings is 3. The molecular formula is C29H26F2N4O6. The molecule has 0 bridgehead atoms. The molecule has 0 saturated carbocycles. The van der Waals surface area contributed by atoms with Gasteiger partial charge in [-0.05, 0) is 36.8 Å². The number of hydrogen-bond donors (Lipinski definition) is 2. The molecule has 212 valence electrons. The van der Waals surface area contributed by atoms with Crippen molar-refractivity contribution >= 4 is 22.6 Å². The lowest BCUT2D eigenvalue weighted by Crippen LogP contribution is -2.31. The van der Waals surface area contributed by atoms with Crippen molar-refractivity contribution < 1.29 is 37.3 Å². The monoisotopic (exact) mass is 564 g/mol. The van der Waals surface area contributed by atoms with Gasteiger partial charge in [-0.3, -0.25) is 0 Å². The van der Waals surface area contributed by atoms with Crippen LogP contribution in [0, 0.1) is 11.6 Å². The molecule has 2 aliphatic rings. The van der Waals surface area contributed by atoms with Gasteiger partial charge in [0.25, 0.3) is 0 Å². The summed E-state index contributed by atoms with van der Waals surface area (Å²) in [5.74, 6) is 0.0736. The molecular weight excluding hydrogens is 538 g/mol. The van der Waals surface area contributed by atoms with E-state index in [1.54, 1.807) is 25.1 Å². The highest BCUT2D eigenvalue weighted by Gasteiger charge is 2.28. The Hall–Kier alpha value is -4.71. The van der Waals surface area contributed by atoms with Gasteiger partial charge in [0.2, 0.25) is 11.6 Å². The molecule has 41 heavy (non-hydrogen) atoms. The Morgan fingerprint density at radius 1 is 1.00 bits per heavy atom. The number of fused-ring (bicyclic) bond motifs is 3. The molecule has 3 aromatic carbocycles. The van der Waals surface area contributed by atoms with Crippen LogP contribution >= 0.6 is 0 Å². The highest BCUT2D eigenvalue weighted by atomic mass is 19.1. The van der Waals surface area contributed by atoms with E-state index in [2.05, 4.69) is 20.6 Å². The van der Waals surface area contributed by atoms with Gasteiger partial charge in [-0.2, -0.15) is 0 Å². The summed E-state index contributed by atoms with van der Waals surface area (Å²) in [5.41, 5.74) is 1.40. The number of nitrogens with zero attached hydrogens (tertiary/aromatic N) is 2. The molecule has 2 amide bonds. The van der Waals surface area contributed by atoms with E-state index in [0.29, 0.717) is 54.6 Å². The van der Waals surface area contributed by atoms with Gasteiger partial charge in [0.05, 0.1) is 24.8 Å². The number of ether oxygens (including phenoxy) is 5. The lowest BCUT2D eigenvalue weighted by atomic mass is 10.1. The van der Waals surface area contributed by atoms with E-state index in [9.17, 15) is 9.18 Å². The maximum Gasteiger partial charge on any atom is 0.319 e. The van der Waals surface area contributed by atoms with Crippen molar-refractivity contribution in [2.24, 2.45) is 0 Å². The molecule has 10 nitrogen and oxygen atoms in total. The second-order valence-corrected chi connectivity index (χ2v) is 9.53. The van der Waals surface area contributed by atoms with Crippen LogP contribution in [0.15, 0.2) is 54.9 Å². The van der Waals surface area contributed by atoms with Gasteiger partial charge in [0, 0.05) is 24.2 Å². The second-order valence-electron chi connectivity index (χ2n) is 9.53. The highest BCUT2D eigenvalue weighted by molar-refractivity contribution is 5.94. The zero-order valence-electron chi connectivity index (χ0n) is 22.0. The summed E-state index contributed by atoms with van der Waals surface area (Å²) in [7, 11) is 0. The van der Waals surface area contributed by atoms with Crippen LogP contribution in [0.5, 0.6) is 28.9 Å². The molecule has 0 radical (unpaired) electrons. The van der Waals surface area contributed by atoms with Crippen LogP contribution in [0.25, 0.3) is 10.9 Å². The zero-order chi connectivity index (χ0) is 28.3. The van der Waals surface area contributed by atoms with Crippen LogP contribution in [0.2, 0.25) is 0 Å². The summed E-state index contributed by atoms with van der Waals surface area (Å²) in [6.45, 7) is 3.48. The van der Waals surface area contributed by atoms with Crippen molar-refractivity contribution in [2.45, 2.75) is 25.5 Å². The summed E-state index contributed by atoms with van der Waals surface area (Å²) in [6.07, 6.45) is 1.94. The minimum Gasteiger partial charge on any atom is -0.485 e. The molecule has 0 aliphatic carbocycles. The first kappa shape index (κ1) is 26.5. The number of aromatic nitrogens is 2. The van der Waals surface area contributed by atoms with Crippen molar-refractivity contribution in [2.75, 3.05) is 31.7 Å². The lowest BCUT2D eigenvalue weighted by molar-refractivity contribution is 0.128. The summed E-state index contributed by atoms with van der Waals surface area (Å²) < 4.78 is 57.5. The van der Waals surface area contributed by atoms with Gasteiger partial charge < -0.3 is 34.3 Å². The van der Waals surface area contributed by atoms with E-state index >= 15 is 4.39 Å². The maximum atomic E-state index is 15.1. The summed E-state index contributed by atoms with van der Waals surface area (Å²) in [6, 6.07) is 10.5. The van der Waals surface area contributed by atoms with E-state index < -0.39 is 17.9 Å². The van der Waals surface area contributed by atoms with Crippen LogP contribution in [0.3, 0.4) is 0 Å². The number of urea groups is 1. The first-order chi connectivity index (χ1) is 19.9. The largest absolute Gasteiger partial charge is 0.485 e. The van der Waals surface area contributed by atoms with Gasteiger partial charge in [-0.1, -0.05) is 12.1 Å². The third kappa shape index (κ3) is 5.78. The second kappa shape index (κ2) is 11.4. The van der Waals surface area contributed by atoms with E-state index in [0.717, 1.165) is 18.1 Å². The molecule has 4 aromatic rings. The Labute approximate surface area is 233 Å². The van der Waals surface area contributed by atoms with E-state index in [4.69, 9.17) is 23.7 Å². The van der Waals surface area contributed by atoms with Crippen LogP contribution in [0.4, 0.5) is 19.3 Å². The standard InChI is InChI=1S/C29H26F2N4O6/c1-16(17-2-4-18(30)5-3-17)34-29(36)35-19-6-7-23(21(31)12-19)41-28-25-22(32-15-33-28)13-24(40-20-8-9-37-14-20)26-27(25)39-11-10-38-26/h2-7,12-13,15-16,20H,8-11,14H2,1H3,(H2,34,35,36). The van der Waals surface area contributed by atoms with Crippen molar-refractivity contribution in [3.63, 3.8) is 0 Å². The molecule has 2 unspecified atom stereocenters. The van der Waals surface area contributed by atoms with Crippen molar-refractivity contribution in [3.05, 3.63) is 72.1 Å². The van der Waals surface area contributed by atoms with E-state index in [-0.39, 0.29) is 29.2 Å². The number of halogens is 2. The third-order valence-corrected chi connectivity index (χ3v) is 6.64. The number of carbonyl (C=O) groups is 1. The van der Waals surface area contributed by atoms with Gasteiger partial charge in [-0.15, -0.1) is 0 Å². The Kier molecular flexibility index (Phi) is 7.38. The van der Waals surface area contributed by atoms with Crippen LogP contribution in [0.1, 0.15) is 24.9 Å².